The zero-order valence-electron chi connectivity index (χ0n) is 11.6. The summed E-state index contributed by atoms with van der Waals surface area (Å²) in [6.45, 7) is 0.227. The first kappa shape index (κ1) is 14.8. The lowest BCUT2D eigenvalue weighted by atomic mass is 10.1. The van der Waals surface area contributed by atoms with Crippen molar-refractivity contribution in [1.29, 1.82) is 0 Å². The van der Waals surface area contributed by atoms with Crippen LogP contribution in [0.25, 0.3) is 0 Å². The number of nitrogens with zero attached hydrogens (tertiary/aromatic N) is 1. The summed E-state index contributed by atoms with van der Waals surface area (Å²) in [7, 11) is 0. The smallest absolute Gasteiger partial charge is 0.244 e. The molecule has 1 aliphatic heterocycles. The SMILES string of the molecule is O=C(Cc1ccc2c(c1)OCO2)N/N=C\c1ccc(I)cc1. The van der Waals surface area contributed by atoms with E-state index in [1.165, 1.54) is 0 Å². The standard InChI is InChI=1S/C16H13IN2O3/c17-13-4-1-11(2-5-13)9-18-19-16(20)8-12-3-6-14-15(7-12)22-10-21-14/h1-7,9H,8,10H2,(H,19,20)/b18-9-. The van der Waals surface area contributed by atoms with Crippen molar-refractivity contribution in [3.8, 4) is 11.5 Å². The molecule has 3 rings (SSSR count). The number of carbonyl (C=O) groups excluding carboxylic acids is 1. The van der Waals surface area contributed by atoms with Crippen molar-refractivity contribution < 1.29 is 14.3 Å². The molecule has 0 fully saturated rings. The molecular weight excluding hydrogens is 395 g/mol. The Kier molecular flexibility index (Phi) is 4.57. The molecule has 0 aromatic heterocycles. The first-order valence-electron chi connectivity index (χ1n) is 6.67. The fourth-order valence-corrected chi connectivity index (χ4v) is 2.36. The predicted molar refractivity (Wildman–Crippen MR) is 91.2 cm³/mol. The van der Waals surface area contributed by atoms with E-state index in [1.807, 2.05) is 36.4 Å². The van der Waals surface area contributed by atoms with E-state index >= 15 is 0 Å². The molecule has 2 aromatic rings. The summed E-state index contributed by atoms with van der Waals surface area (Å²) in [4.78, 5) is 11.9. The van der Waals surface area contributed by atoms with Gasteiger partial charge in [-0.3, -0.25) is 4.79 Å². The number of amides is 1. The number of hydrogen-bond donors (Lipinski definition) is 1. The van der Waals surface area contributed by atoms with Gasteiger partial charge in [0.05, 0.1) is 12.6 Å². The van der Waals surface area contributed by atoms with Gasteiger partial charge in [0.25, 0.3) is 0 Å². The number of rotatable bonds is 4. The van der Waals surface area contributed by atoms with Crippen LogP contribution < -0.4 is 14.9 Å². The Balaban J connectivity index is 1.55. The molecule has 0 saturated carbocycles. The van der Waals surface area contributed by atoms with Gasteiger partial charge in [0.1, 0.15) is 0 Å². The van der Waals surface area contributed by atoms with Crippen LogP contribution >= 0.6 is 22.6 Å². The molecule has 1 N–H and O–H groups in total. The van der Waals surface area contributed by atoms with E-state index in [0.717, 1.165) is 14.7 Å². The molecule has 5 nitrogen and oxygen atoms in total. The van der Waals surface area contributed by atoms with Crippen molar-refractivity contribution in [1.82, 2.24) is 5.43 Å². The first-order valence-corrected chi connectivity index (χ1v) is 7.74. The molecule has 1 aliphatic rings. The van der Waals surface area contributed by atoms with E-state index in [9.17, 15) is 4.79 Å². The summed E-state index contributed by atoms with van der Waals surface area (Å²) >= 11 is 2.24. The Bertz CT molecular complexity index is 714. The van der Waals surface area contributed by atoms with Crippen LogP contribution in [0.4, 0.5) is 0 Å². The van der Waals surface area contributed by atoms with Crippen molar-refractivity contribution in [3.63, 3.8) is 0 Å². The lowest BCUT2D eigenvalue weighted by Crippen LogP contribution is -2.19. The summed E-state index contributed by atoms with van der Waals surface area (Å²) in [5.74, 6) is 1.20. The Labute approximate surface area is 141 Å². The molecule has 0 spiro atoms. The van der Waals surface area contributed by atoms with E-state index in [1.54, 1.807) is 12.3 Å². The number of ether oxygens (including phenoxy) is 2. The number of hydrazone groups is 1. The normalized spacial score (nSPS) is 12.6. The van der Waals surface area contributed by atoms with Crippen LogP contribution in [0.3, 0.4) is 0 Å². The molecule has 22 heavy (non-hydrogen) atoms. The van der Waals surface area contributed by atoms with Crippen LogP contribution in [0.1, 0.15) is 11.1 Å². The van der Waals surface area contributed by atoms with Gasteiger partial charge in [0, 0.05) is 3.57 Å². The van der Waals surface area contributed by atoms with Gasteiger partial charge < -0.3 is 9.47 Å². The van der Waals surface area contributed by atoms with Gasteiger partial charge in [-0.1, -0.05) is 18.2 Å². The first-order chi connectivity index (χ1) is 10.7. The van der Waals surface area contributed by atoms with Crippen LogP contribution in [-0.4, -0.2) is 18.9 Å². The fraction of sp³-hybridized carbons (Fsp3) is 0.125. The third-order valence-corrected chi connectivity index (χ3v) is 3.79. The highest BCUT2D eigenvalue weighted by atomic mass is 127. The summed E-state index contributed by atoms with van der Waals surface area (Å²) in [5, 5.41) is 3.96. The van der Waals surface area contributed by atoms with Crippen molar-refractivity contribution in [2.75, 3.05) is 6.79 Å². The van der Waals surface area contributed by atoms with Gasteiger partial charge in [-0.2, -0.15) is 5.10 Å². The molecule has 0 atom stereocenters. The highest BCUT2D eigenvalue weighted by molar-refractivity contribution is 14.1. The second-order valence-corrected chi connectivity index (χ2v) is 5.95. The van der Waals surface area contributed by atoms with E-state index in [4.69, 9.17) is 9.47 Å². The lowest BCUT2D eigenvalue weighted by Gasteiger charge is -2.02. The average molecular weight is 408 g/mol. The average Bonchev–Trinajstić information content (AvgIpc) is 2.97. The Morgan fingerprint density at radius 3 is 2.77 bits per heavy atom. The summed E-state index contributed by atoms with van der Waals surface area (Å²) in [6.07, 6.45) is 1.86. The molecule has 1 amide bonds. The maximum Gasteiger partial charge on any atom is 0.244 e. The second kappa shape index (κ2) is 6.78. The van der Waals surface area contributed by atoms with Crippen LogP contribution in [-0.2, 0) is 11.2 Å². The summed E-state index contributed by atoms with van der Waals surface area (Å²) < 4.78 is 11.7. The molecule has 0 bridgehead atoms. The van der Waals surface area contributed by atoms with Crippen LogP contribution in [0, 0.1) is 3.57 Å². The maximum atomic E-state index is 11.9. The third-order valence-electron chi connectivity index (χ3n) is 3.07. The van der Waals surface area contributed by atoms with E-state index in [-0.39, 0.29) is 19.1 Å². The van der Waals surface area contributed by atoms with Gasteiger partial charge in [-0.05, 0) is 58.0 Å². The predicted octanol–water partition coefficient (Wildman–Crippen LogP) is 2.71. The molecule has 0 saturated heterocycles. The molecule has 6 heteroatoms. The van der Waals surface area contributed by atoms with Crippen molar-refractivity contribution in [3.05, 3.63) is 57.2 Å². The molecule has 2 aromatic carbocycles. The quantitative estimate of drug-likeness (QED) is 0.481. The monoisotopic (exact) mass is 408 g/mol. The number of benzene rings is 2. The molecule has 112 valence electrons. The van der Waals surface area contributed by atoms with Gasteiger partial charge in [-0.15, -0.1) is 0 Å². The lowest BCUT2D eigenvalue weighted by molar-refractivity contribution is -0.120. The Hall–Kier alpha value is -2.09. The highest BCUT2D eigenvalue weighted by Gasteiger charge is 2.14. The van der Waals surface area contributed by atoms with E-state index in [0.29, 0.717) is 11.5 Å². The Morgan fingerprint density at radius 1 is 1.18 bits per heavy atom. The molecular formula is C16H13IN2O3. The molecule has 0 unspecified atom stereocenters. The summed E-state index contributed by atoms with van der Waals surface area (Å²) in [5.41, 5.74) is 4.31. The third kappa shape index (κ3) is 3.76. The minimum Gasteiger partial charge on any atom is -0.454 e. The van der Waals surface area contributed by atoms with Crippen molar-refractivity contribution in [2.45, 2.75) is 6.42 Å². The van der Waals surface area contributed by atoms with Gasteiger partial charge in [0.2, 0.25) is 12.7 Å². The summed E-state index contributed by atoms with van der Waals surface area (Å²) in [6, 6.07) is 13.3. The zero-order chi connectivity index (χ0) is 15.4. The van der Waals surface area contributed by atoms with Gasteiger partial charge in [-0.25, -0.2) is 5.43 Å². The Morgan fingerprint density at radius 2 is 1.95 bits per heavy atom. The van der Waals surface area contributed by atoms with Crippen molar-refractivity contribution >= 4 is 34.7 Å². The minimum atomic E-state index is -0.180. The largest absolute Gasteiger partial charge is 0.454 e. The minimum absolute atomic E-state index is 0.180. The van der Waals surface area contributed by atoms with Crippen molar-refractivity contribution in [2.24, 2.45) is 5.10 Å². The molecule has 0 radical (unpaired) electrons. The van der Waals surface area contributed by atoms with E-state index in [2.05, 4.69) is 33.1 Å². The van der Waals surface area contributed by atoms with Gasteiger partial charge in [0.15, 0.2) is 11.5 Å². The molecule has 1 heterocycles. The van der Waals surface area contributed by atoms with Crippen LogP contribution in [0.5, 0.6) is 11.5 Å². The fourth-order valence-electron chi connectivity index (χ4n) is 2.00. The number of hydrogen-bond acceptors (Lipinski definition) is 4. The number of fused-ring (bicyclic) bond motifs is 1. The van der Waals surface area contributed by atoms with Crippen LogP contribution in [0.15, 0.2) is 47.6 Å². The highest BCUT2D eigenvalue weighted by Crippen LogP contribution is 2.32. The van der Waals surface area contributed by atoms with Gasteiger partial charge >= 0.3 is 0 Å². The molecule has 0 aliphatic carbocycles. The number of carbonyl (C=O) groups is 1. The zero-order valence-corrected chi connectivity index (χ0v) is 13.7. The maximum absolute atomic E-state index is 11.9. The number of halogens is 1. The van der Waals surface area contributed by atoms with Crippen LogP contribution in [0.2, 0.25) is 0 Å². The topological polar surface area (TPSA) is 59.9 Å². The second-order valence-electron chi connectivity index (χ2n) is 4.71. The van der Waals surface area contributed by atoms with E-state index < -0.39 is 0 Å². The number of nitrogens with one attached hydrogen (secondary N) is 1.